The lowest BCUT2D eigenvalue weighted by atomic mass is 9.88. The van der Waals surface area contributed by atoms with Gasteiger partial charge in [0.1, 0.15) is 0 Å². The molecule has 3 rings (SSSR count). The quantitative estimate of drug-likeness (QED) is 0.783. The number of hydrogen-bond acceptors (Lipinski definition) is 2. The van der Waals surface area contributed by atoms with Crippen LogP contribution in [0, 0.1) is 11.3 Å². The lowest BCUT2D eigenvalue weighted by Gasteiger charge is -2.33. The molecule has 3 unspecified atom stereocenters. The summed E-state index contributed by atoms with van der Waals surface area (Å²) in [7, 11) is 0. The third kappa shape index (κ3) is 2.75. The minimum absolute atomic E-state index is 0.702. The fourth-order valence-corrected chi connectivity index (χ4v) is 4.15. The predicted octanol–water partition coefficient (Wildman–Crippen LogP) is 3.08. The van der Waals surface area contributed by atoms with E-state index in [-0.39, 0.29) is 0 Å². The van der Waals surface area contributed by atoms with Crippen LogP contribution in [0.1, 0.15) is 64.7 Å². The Kier molecular flexibility index (Phi) is 3.95. The van der Waals surface area contributed by atoms with E-state index in [2.05, 4.69) is 17.6 Å². The highest BCUT2D eigenvalue weighted by Gasteiger charge is 2.42. The Balaban J connectivity index is 1.51. The van der Waals surface area contributed by atoms with Crippen LogP contribution in [0.2, 0.25) is 0 Å². The Hall–Kier alpha value is -0.0800. The molecule has 3 atom stereocenters. The molecule has 2 saturated carbocycles. The third-order valence-corrected chi connectivity index (χ3v) is 5.88. The van der Waals surface area contributed by atoms with Gasteiger partial charge in [0.05, 0.1) is 0 Å². The largest absolute Gasteiger partial charge is 0.314 e. The van der Waals surface area contributed by atoms with Crippen molar-refractivity contribution in [2.75, 3.05) is 13.1 Å². The van der Waals surface area contributed by atoms with Crippen LogP contribution in [-0.2, 0) is 0 Å². The van der Waals surface area contributed by atoms with E-state index in [4.69, 9.17) is 0 Å². The maximum atomic E-state index is 3.94. The van der Waals surface area contributed by atoms with Crippen molar-refractivity contribution in [2.45, 2.75) is 76.8 Å². The molecule has 0 aromatic carbocycles. The molecule has 2 aliphatic carbocycles. The van der Waals surface area contributed by atoms with Crippen LogP contribution in [0.15, 0.2) is 0 Å². The third-order valence-electron chi connectivity index (χ3n) is 5.88. The second-order valence-electron chi connectivity index (χ2n) is 6.99. The van der Waals surface area contributed by atoms with Gasteiger partial charge >= 0.3 is 0 Å². The van der Waals surface area contributed by atoms with Crippen LogP contribution < -0.4 is 10.6 Å². The van der Waals surface area contributed by atoms with E-state index in [1.807, 2.05) is 0 Å². The van der Waals surface area contributed by atoms with Crippen LogP contribution in [0.3, 0.4) is 0 Å². The Morgan fingerprint density at radius 1 is 1.11 bits per heavy atom. The van der Waals surface area contributed by atoms with Gasteiger partial charge in [-0.2, -0.15) is 0 Å². The molecule has 2 nitrogen and oxygen atoms in total. The minimum Gasteiger partial charge on any atom is -0.314 e. The fourth-order valence-electron chi connectivity index (χ4n) is 4.15. The van der Waals surface area contributed by atoms with Crippen molar-refractivity contribution in [3.63, 3.8) is 0 Å². The van der Waals surface area contributed by atoms with E-state index in [0.29, 0.717) is 5.41 Å². The molecule has 1 saturated heterocycles. The second kappa shape index (κ2) is 5.50. The second-order valence-corrected chi connectivity index (χ2v) is 6.99. The SMILES string of the molecule is CCC1(CNC2CCCC2C2CCCCN2)CC1. The maximum absolute atomic E-state index is 3.94. The summed E-state index contributed by atoms with van der Waals surface area (Å²) in [5, 5.41) is 7.72. The molecule has 104 valence electrons. The molecule has 2 heteroatoms. The van der Waals surface area contributed by atoms with E-state index in [1.54, 1.807) is 0 Å². The highest BCUT2D eigenvalue weighted by atomic mass is 15.0. The topological polar surface area (TPSA) is 24.1 Å². The van der Waals surface area contributed by atoms with Crippen molar-refractivity contribution < 1.29 is 0 Å². The lowest BCUT2D eigenvalue weighted by Crippen LogP contribution is -2.47. The summed E-state index contributed by atoms with van der Waals surface area (Å²) in [5.41, 5.74) is 0.702. The van der Waals surface area contributed by atoms with E-state index < -0.39 is 0 Å². The van der Waals surface area contributed by atoms with Gasteiger partial charge in [-0.05, 0) is 62.8 Å². The Labute approximate surface area is 112 Å². The summed E-state index contributed by atoms with van der Waals surface area (Å²) < 4.78 is 0. The van der Waals surface area contributed by atoms with Gasteiger partial charge in [0.2, 0.25) is 0 Å². The first kappa shape index (κ1) is 12.9. The van der Waals surface area contributed by atoms with Gasteiger partial charge in [0.15, 0.2) is 0 Å². The smallest absolute Gasteiger partial charge is 0.0110 e. The average molecular weight is 250 g/mol. The Morgan fingerprint density at radius 3 is 2.67 bits per heavy atom. The number of hydrogen-bond donors (Lipinski definition) is 2. The van der Waals surface area contributed by atoms with E-state index >= 15 is 0 Å². The number of nitrogens with one attached hydrogen (secondary N) is 2. The first-order valence-corrected chi connectivity index (χ1v) is 8.30. The highest BCUT2D eigenvalue weighted by Crippen LogP contribution is 2.48. The van der Waals surface area contributed by atoms with Gasteiger partial charge in [-0.3, -0.25) is 0 Å². The molecule has 0 bridgehead atoms. The Morgan fingerprint density at radius 2 is 2.00 bits per heavy atom. The summed E-state index contributed by atoms with van der Waals surface area (Å²) in [6, 6.07) is 1.63. The van der Waals surface area contributed by atoms with Crippen LogP contribution in [-0.4, -0.2) is 25.2 Å². The molecule has 3 aliphatic rings. The van der Waals surface area contributed by atoms with Gasteiger partial charge in [0.25, 0.3) is 0 Å². The molecular formula is C16H30N2. The van der Waals surface area contributed by atoms with Crippen LogP contribution in [0.25, 0.3) is 0 Å². The molecular weight excluding hydrogens is 220 g/mol. The summed E-state index contributed by atoms with van der Waals surface area (Å²) in [4.78, 5) is 0. The minimum atomic E-state index is 0.702. The molecule has 3 fully saturated rings. The standard InChI is InChI=1S/C16H30N2/c1-2-16(9-10-16)12-18-15-8-5-6-13(15)14-7-3-4-11-17-14/h13-15,17-18H,2-12H2,1H3. The first-order valence-electron chi connectivity index (χ1n) is 8.30. The van der Waals surface area contributed by atoms with Gasteiger partial charge < -0.3 is 10.6 Å². The summed E-state index contributed by atoms with van der Waals surface area (Å²) in [5.74, 6) is 0.915. The monoisotopic (exact) mass is 250 g/mol. The van der Waals surface area contributed by atoms with Crippen molar-refractivity contribution in [3.05, 3.63) is 0 Å². The van der Waals surface area contributed by atoms with Gasteiger partial charge in [-0.15, -0.1) is 0 Å². The van der Waals surface area contributed by atoms with Gasteiger partial charge in [-0.1, -0.05) is 19.8 Å². The van der Waals surface area contributed by atoms with Crippen LogP contribution in [0.4, 0.5) is 0 Å². The molecule has 0 aromatic heterocycles. The van der Waals surface area contributed by atoms with E-state index in [1.165, 1.54) is 70.9 Å². The molecule has 1 aliphatic heterocycles. The normalized spacial score (nSPS) is 38.8. The average Bonchev–Trinajstić information content (AvgIpc) is 3.07. The highest BCUT2D eigenvalue weighted by molar-refractivity contribution is 4.97. The zero-order valence-corrected chi connectivity index (χ0v) is 12.0. The molecule has 0 radical (unpaired) electrons. The number of rotatable bonds is 5. The molecule has 1 heterocycles. The summed E-state index contributed by atoms with van der Waals surface area (Å²) in [6.45, 7) is 4.91. The van der Waals surface area contributed by atoms with Crippen molar-refractivity contribution in [2.24, 2.45) is 11.3 Å². The predicted molar refractivity (Wildman–Crippen MR) is 76.7 cm³/mol. The van der Waals surface area contributed by atoms with E-state index in [9.17, 15) is 0 Å². The summed E-state index contributed by atoms with van der Waals surface area (Å²) >= 11 is 0. The maximum Gasteiger partial charge on any atom is 0.0110 e. The van der Waals surface area contributed by atoms with E-state index in [0.717, 1.165) is 18.0 Å². The van der Waals surface area contributed by atoms with Crippen LogP contribution >= 0.6 is 0 Å². The molecule has 2 N–H and O–H groups in total. The molecule has 18 heavy (non-hydrogen) atoms. The number of piperidine rings is 1. The zero-order valence-electron chi connectivity index (χ0n) is 12.0. The molecule has 0 aromatic rings. The van der Waals surface area contributed by atoms with Crippen molar-refractivity contribution >= 4 is 0 Å². The first-order chi connectivity index (χ1) is 8.83. The fraction of sp³-hybridized carbons (Fsp3) is 1.00. The van der Waals surface area contributed by atoms with Gasteiger partial charge in [0, 0.05) is 18.6 Å². The Bertz CT molecular complexity index is 266. The van der Waals surface area contributed by atoms with Crippen molar-refractivity contribution in [1.29, 1.82) is 0 Å². The summed E-state index contributed by atoms with van der Waals surface area (Å²) in [6.07, 6.45) is 12.9. The molecule has 0 amide bonds. The van der Waals surface area contributed by atoms with Crippen LogP contribution in [0.5, 0.6) is 0 Å². The lowest BCUT2D eigenvalue weighted by molar-refractivity contribution is 0.248. The van der Waals surface area contributed by atoms with Gasteiger partial charge in [-0.25, -0.2) is 0 Å². The van der Waals surface area contributed by atoms with Crippen molar-refractivity contribution in [1.82, 2.24) is 10.6 Å². The molecule has 0 spiro atoms. The zero-order chi connectivity index (χ0) is 12.4. The van der Waals surface area contributed by atoms with Crippen molar-refractivity contribution in [3.8, 4) is 0 Å².